The summed E-state index contributed by atoms with van der Waals surface area (Å²) in [6.07, 6.45) is 10.2. The summed E-state index contributed by atoms with van der Waals surface area (Å²) in [5.74, 6) is 0. The van der Waals surface area contributed by atoms with Crippen LogP contribution in [0.5, 0.6) is 0 Å². The predicted octanol–water partition coefficient (Wildman–Crippen LogP) is 1.14. The monoisotopic (exact) mass is 403 g/mol. The molecule has 0 amide bonds. The van der Waals surface area contributed by atoms with Gasteiger partial charge in [-0.3, -0.25) is 0 Å². The van der Waals surface area contributed by atoms with Crippen LogP contribution in [0.3, 0.4) is 0 Å². The zero-order valence-electron chi connectivity index (χ0n) is 7.83. The molecule has 2 nitrogen and oxygen atoms in total. The number of allylic oxidation sites excluding steroid dienone is 3. The number of hydrogen-bond acceptors (Lipinski definition) is 2. The molecule has 70 valence electrons. The quantitative estimate of drug-likeness (QED) is 0.727. The van der Waals surface area contributed by atoms with Gasteiger partial charge in [-0.15, -0.1) is 0 Å². The zero-order chi connectivity index (χ0) is 9.03. The van der Waals surface area contributed by atoms with Crippen molar-refractivity contribution in [3.63, 3.8) is 0 Å². The van der Waals surface area contributed by atoms with Crippen molar-refractivity contribution in [2.45, 2.75) is 18.9 Å². The van der Waals surface area contributed by atoms with E-state index < -0.39 is 5.60 Å². The summed E-state index contributed by atoms with van der Waals surface area (Å²) in [6.45, 7) is 2.39. The Morgan fingerprint density at radius 2 is 2.15 bits per heavy atom. The SMILES string of the molecule is CC1(O)C=CC=C(CCN)C=C1.[U]. The van der Waals surface area contributed by atoms with Gasteiger partial charge in [-0.05, 0) is 37.6 Å². The predicted molar refractivity (Wildman–Crippen MR) is 50.7 cm³/mol. The van der Waals surface area contributed by atoms with Gasteiger partial charge in [0.25, 0.3) is 0 Å². The van der Waals surface area contributed by atoms with Crippen LogP contribution < -0.4 is 5.73 Å². The third-order valence-corrected chi connectivity index (χ3v) is 1.81. The molecule has 1 aliphatic rings. The summed E-state index contributed by atoms with van der Waals surface area (Å²) in [7, 11) is 0. The maximum Gasteiger partial charge on any atom is 0.0986 e. The van der Waals surface area contributed by atoms with Gasteiger partial charge in [0.05, 0.1) is 5.60 Å². The molecule has 0 saturated heterocycles. The van der Waals surface area contributed by atoms with Crippen LogP contribution in [-0.2, 0) is 0 Å². The molecule has 13 heavy (non-hydrogen) atoms. The van der Waals surface area contributed by atoms with Crippen LogP contribution in [0.2, 0.25) is 0 Å². The topological polar surface area (TPSA) is 46.2 Å². The smallest absolute Gasteiger partial charge is 0.0986 e. The van der Waals surface area contributed by atoms with E-state index in [2.05, 4.69) is 0 Å². The first kappa shape index (κ1) is 13.2. The maximum atomic E-state index is 9.60. The van der Waals surface area contributed by atoms with Crippen molar-refractivity contribution in [3.05, 3.63) is 36.0 Å². The first-order valence-electron chi connectivity index (χ1n) is 4.14. The van der Waals surface area contributed by atoms with E-state index in [9.17, 15) is 5.11 Å². The van der Waals surface area contributed by atoms with Gasteiger partial charge in [-0.2, -0.15) is 0 Å². The molecule has 0 bridgehead atoms. The van der Waals surface area contributed by atoms with Gasteiger partial charge in [0.1, 0.15) is 0 Å². The van der Waals surface area contributed by atoms with Crippen LogP contribution in [0.4, 0.5) is 0 Å². The van der Waals surface area contributed by atoms with Crippen molar-refractivity contribution in [2.75, 3.05) is 6.54 Å². The minimum Gasteiger partial charge on any atom is -0.382 e. The number of rotatable bonds is 2. The van der Waals surface area contributed by atoms with E-state index in [-0.39, 0.29) is 31.1 Å². The molecule has 1 atom stereocenters. The van der Waals surface area contributed by atoms with Crippen molar-refractivity contribution in [1.29, 1.82) is 0 Å². The van der Waals surface area contributed by atoms with Gasteiger partial charge in [-0.25, -0.2) is 0 Å². The second-order valence-corrected chi connectivity index (χ2v) is 3.20. The molecular formula is C10H15NOU. The van der Waals surface area contributed by atoms with Crippen molar-refractivity contribution < 1.29 is 36.2 Å². The molecule has 0 saturated carbocycles. The van der Waals surface area contributed by atoms with Crippen molar-refractivity contribution in [2.24, 2.45) is 5.73 Å². The molecule has 3 heteroatoms. The molecule has 1 rings (SSSR count). The normalized spacial score (nSPS) is 26.2. The fourth-order valence-corrected chi connectivity index (χ4v) is 1.09. The molecule has 0 aromatic carbocycles. The summed E-state index contributed by atoms with van der Waals surface area (Å²) in [6, 6.07) is 0. The Balaban J connectivity index is 0.00000144. The Bertz CT molecular complexity index is 241. The van der Waals surface area contributed by atoms with E-state index in [0.29, 0.717) is 6.54 Å². The summed E-state index contributed by atoms with van der Waals surface area (Å²) < 4.78 is 0. The van der Waals surface area contributed by atoms with Crippen LogP contribution in [0, 0.1) is 31.1 Å². The third kappa shape index (κ3) is 4.83. The molecule has 0 fully saturated rings. The molecule has 0 aliphatic heterocycles. The Hall–Kier alpha value is 0.192. The van der Waals surface area contributed by atoms with Gasteiger partial charge in [-0.1, -0.05) is 18.2 Å². The standard InChI is InChI=1S/C10H15NO.U/c1-10(12)6-2-3-9(4-7-10)5-8-11;/h2-4,6-7,12H,5,8,11H2,1H3;. The fourth-order valence-electron chi connectivity index (χ4n) is 1.09. The molecular weight excluding hydrogens is 388 g/mol. The third-order valence-electron chi connectivity index (χ3n) is 1.81. The number of hydrogen-bond donors (Lipinski definition) is 2. The Labute approximate surface area is 103 Å². The maximum absolute atomic E-state index is 9.60. The first-order chi connectivity index (χ1) is 5.64. The molecule has 0 aromatic rings. The van der Waals surface area contributed by atoms with Gasteiger partial charge < -0.3 is 10.8 Å². The van der Waals surface area contributed by atoms with Crippen molar-refractivity contribution in [1.82, 2.24) is 0 Å². The molecule has 1 aliphatic carbocycles. The molecule has 0 spiro atoms. The largest absolute Gasteiger partial charge is 0.382 e. The van der Waals surface area contributed by atoms with E-state index in [1.165, 1.54) is 0 Å². The Kier molecular flexibility index (Phi) is 5.91. The Morgan fingerprint density at radius 3 is 2.77 bits per heavy atom. The Morgan fingerprint density at radius 1 is 1.46 bits per heavy atom. The summed E-state index contributed by atoms with van der Waals surface area (Å²) >= 11 is 0. The average Bonchev–Trinajstić information content (AvgIpc) is 2.14. The average molecular weight is 403 g/mol. The van der Waals surface area contributed by atoms with E-state index in [0.717, 1.165) is 12.0 Å². The van der Waals surface area contributed by atoms with Crippen molar-refractivity contribution >= 4 is 0 Å². The fraction of sp³-hybridized carbons (Fsp3) is 0.400. The second kappa shape index (κ2) is 5.82. The summed E-state index contributed by atoms with van der Waals surface area (Å²) in [5, 5.41) is 9.60. The van der Waals surface area contributed by atoms with E-state index in [1.807, 2.05) is 18.2 Å². The van der Waals surface area contributed by atoms with Gasteiger partial charge in [0, 0.05) is 31.1 Å². The van der Waals surface area contributed by atoms with Gasteiger partial charge in [0.15, 0.2) is 0 Å². The molecule has 0 radical (unpaired) electrons. The minimum atomic E-state index is -0.813. The minimum absolute atomic E-state index is 0. The van der Waals surface area contributed by atoms with E-state index in [1.54, 1.807) is 19.1 Å². The molecule has 0 aromatic heterocycles. The molecule has 3 N–H and O–H groups in total. The van der Waals surface area contributed by atoms with E-state index >= 15 is 0 Å². The van der Waals surface area contributed by atoms with Crippen molar-refractivity contribution in [3.8, 4) is 0 Å². The number of aliphatic hydroxyl groups is 1. The number of nitrogens with two attached hydrogens (primary N) is 1. The first-order valence-corrected chi connectivity index (χ1v) is 4.14. The van der Waals surface area contributed by atoms with Gasteiger partial charge in [0.2, 0.25) is 0 Å². The summed E-state index contributed by atoms with van der Waals surface area (Å²) in [4.78, 5) is 0. The van der Waals surface area contributed by atoms with Gasteiger partial charge >= 0.3 is 0 Å². The molecule has 1 unspecified atom stereocenters. The van der Waals surface area contributed by atoms with Crippen LogP contribution in [0.25, 0.3) is 0 Å². The van der Waals surface area contributed by atoms with Crippen LogP contribution >= 0.6 is 0 Å². The second-order valence-electron chi connectivity index (χ2n) is 3.20. The van der Waals surface area contributed by atoms with Crippen LogP contribution in [0.1, 0.15) is 13.3 Å². The van der Waals surface area contributed by atoms with E-state index in [4.69, 9.17) is 5.73 Å². The van der Waals surface area contributed by atoms with Crippen LogP contribution in [0.15, 0.2) is 36.0 Å². The molecule has 0 heterocycles. The zero-order valence-corrected chi connectivity index (χ0v) is 12.0. The summed E-state index contributed by atoms with van der Waals surface area (Å²) in [5.41, 5.74) is 5.76. The van der Waals surface area contributed by atoms with Crippen LogP contribution in [-0.4, -0.2) is 17.3 Å².